The normalized spacial score (nSPS) is 29.0. The Hall–Kier alpha value is 1.01. The van der Waals surface area contributed by atoms with Gasteiger partial charge in [0.05, 0.1) is 0 Å². The molecule has 2 aliphatic rings. The largest absolute Gasteiger partial charge is 0.251 e. The molecular formula is C8H18Cl2Si2. The molecule has 2 heterocycles. The molecule has 0 atom stereocenters. The van der Waals surface area contributed by atoms with E-state index in [9.17, 15) is 0 Å². The summed E-state index contributed by atoms with van der Waals surface area (Å²) < 4.78 is 0. The van der Waals surface area contributed by atoms with Crippen molar-refractivity contribution in [2.45, 2.75) is 50.1 Å². The summed E-state index contributed by atoms with van der Waals surface area (Å²) in [5.74, 6) is 0. The van der Waals surface area contributed by atoms with Gasteiger partial charge in [0.1, 0.15) is 0 Å². The quantitative estimate of drug-likeness (QED) is 0.435. The molecule has 0 radical (unpaired) electrons. The van der Waals surface area contributed by atoms with E-state index in [1.54, 1.807) is 12.1 Å². The van der Waals surface area contributed by atoms with Crippen LogP contribution in [0, 0.1) is 0 Å². The van der Waals surface area contributed by atoms with Crippen LogP contribution in [-0.4, -0.2) is 14.8 Å². The summed E-state index contributed by atoms with van der Waals surface area (Å²) in [6.45, 7) is 3.43. The maximum atomic E-state index is 5.71. The number of hydrogen-bond donors (Lipinski definition) is 0. The van der Waals surface area contributed by atoms with Crippen molar-refractivity contribution < 1.29 is 0 Å². The highest BCUT2D eigenvalue weighted by Gasteiger charge is 2.35. The van der Waals surface area contributed by atoms with Crippen LogP contribution in [0.4, 0.5) is 0 Å². The van der Waals surface area contributed by atoms with Gasteiger partial charge in [0.25, 0.3) is 6.69 Å². The molecule has 72 valence electrons. The monoisotopic (exact) mass is 240 g/mol. The third-order valence-electron chi connectivity index (χ3n) is 2.79. The molecule has 0 aromatic rings. The fourth-order valence-electron chi connectivity index (χ4n) is 1.33. The summed E-state index contributed by atoms with van der Waals surface area (Å²) in [4.78, 5) is 0. The lowest BCUT2D eigenvalue weighted by molar-refractivity contribution is 0.906. The van der Waals surface area contributed by atoms with E-state index in [1.165, 1.54) is 12.8 Å². The highest BCUT2D eigenvalue weighted by Crippen LogP contribution is 2.38. The number of hydrogen-bond acceptors (Lipinski definition) is 0. The molecule has 4 heteroatoms. The van der Waals surface area contributed by atoms with Crippen molar-refractivity contribution in [1.29, 1.82) is 0 Å². The lowest BCUT2D eigenvalue weighted by atomic mass is 10.5. The van der Waals surface area contributed by atoms with Crippen molar-refractivity contribution in [3.8, 4) is 0 Å². The third kappa shape index (κ3) is 3.82. The first-order valence-electron chi connectivity index (χ1n) is 4.79. The molecule has 2 saturated heterocycles. The van der Waals surface area contributed by atoms with E-state index in [1.807, 2.05) is 0 Å². The van der Waals surface area contributed by atoms with Crippen molar-refractivity contribution in [3.05, 3.63) is 0 Å². The number of halogens is 2. The van der Waals surface area contributed by atoms with Gasteiger partial charge in [-0.15, -0.1) is 22.2 Å². The first-order chi connectivity index (χ1) is 5.41. The van der Waals surface area contributed by atoms with E-state index < -0.39 is 14.8 Å². The predicted molar refractivity (Wildman–Crippen MR) is 63.4 cm³/mol. The second kappa shape index (κ2) is 4.03. The van der Waals surface area contributed by atoms with Crippen molar-refractivity contribution in [2.75, 3.05) is 0 Å². The van der Waals surface area contributed by atoms with Crippen molar-refractivity contribution in [1.82, 2.24) is 0 Å². The Bertz CT molecular complexity index is 127. The minimum Gasteiger partial charge on any atom is -0.146 e. The SMILES string of the molecule is C[Si]1(C)CCC1.Cl[Si]1(Cl)CCC1. The summed E-state index contributed by atoms with van der Waals surface area (Å²) in [5.41, 5.74) is 0. The van der Waals surface area contributed by atoms with Gasteiger partial charge in [-0.2, -0.15) is 0 Å². The van der Waals surface area contributed by atoms with Gasteiger partial charge in [-0.3, -0.25) is 0 Å². The van der Waals surface area contributed by atoms with Crippen molar-refractivity contribution in [3.63, 3.8) is 0 Å². The summed E-state index contributed by atoms with van der Waals surface area (Å²) in [6.07, 6.45) is 2.79. The Kier molecular flexibility index (Phi) is 3.73. The van der Waals surface area contributed by atoms with Gasteiger partial charge in [-0.25, -0.2) is 0 Å². The van der Waals surface area contributed by atoms with Gasteiger partial charge in [0, 0.05) is 8.07 Å². The Balaban J connectivity index is 0.000000120. The average Bonchev–Trinajstić information content (AvgIpc) is 1.83. The molecule has 0 unspecified atom stereocenters. The minimum atomic E-state index is -1.51. The van der Waals surface area contributed by atoms with Gasteiger partial charge in [0.15, 0.2) is 0 Å². The molecule has 0 N–H and O–H groups in total. The fourth-order valence-corrected chi connectivity index (χ4v) is 5.59. The Labute approximate surface area is 87.1 Å². The van der Waals surface area contributed by atoms with E-state index in [0.717, 1.165) is 12.1 Å². The highest BCUT2D eigenvalue weighted by atomic mass is 35.7. The first-order valence-corrected chi connectivity index (χ1v) is 12.6. The van der Waals surface area contributed by atoms with Crippen molar-refractivity contribution >= 4 is 36.9 Å². The molecular weight excluding hydrogens is 223 g/mol. The van der Waals surface area contributed by atoms with Crippen LogP contribution in [0.25, 0.3) is 0 Å². The summed E-state index contributed by atoms with van der Waals surface area (Å²) in [5, 5.41) is 0. The Morgan fingerprint density at radius 3 is 1.08 bits per heavy atom. The molecule has 0 aromatic carbocycles. The standard InChI is InChI=1S/C5H12Si.C3H6Cl2Si/c1-6(2)4-3-5-6;4-6(5)2-1-3-6/h3-5H2,1-2H3;1-3H2. The zero-order chi connectivity index (χ0) is 9.24. The second-order valence-electron chi connectivity index (χ2n) is 4.73. The predicted octanol–water partition coefficient (Wildman–Crippen LogP) is 4.41. The average molecular weight is 241 g/mol. The van der Waals surface area contributed by atoms with Gasteiger partial charge in [-0.1, -0.05) is 38.0 Å². The first kappa shape index (κ1) is 11.1. The van der Waals surface area contributed by atoms with Gasteiger partial charge in [0.2, 0.25) is 0 Å². The van der Waals surface area contributed by atoms with E-state index in [0.29, 0.717) is 0 Å². The summed E-state index contributed by atoms with van der Waals surface area (Å²) >= 11 is 11.4. The molecule has 0 aliphatic carbocycles. The number of rotatable bonds is 0. The van der Waals surface area contributed by atoms with Gasteiger partial charge >= 0.3 is 0 Å². The minimum absolute atomic E-state index is 0.451. The smallest absolute Gasteiger partial charge is 0.146 e. The zero-order valence-electron chi connectivity index (χ0n) is 8.00. The molecule has 0 bridgehead atoms. The summed E-state index contributed by atoms with van der Waals surface area (Å²) in [7, 11) is -0.451. The Morgan fingerprint density at radius 1 is 0.833 bits per heavy atom. The van der Waals surface area contributed by atoms with Gasteiger partial charge in [-0.05, 0) is 12.1 Å². The molecule has 12 heavy (non-hydrogen) atoms. The highest BCUT2D eigenvalue weighted by molar-refractivity contribution is 7.46. The maximum Gasteiger partial charge on any atom is 0.251 e. The molecule has 0 amide bonds. The molecule has 0 aromatic heterocycles. The van der Waals surface area contributed by atoms with Crippen molar-refractivity contribution in [2.24, 2.45) is 0 Å². The van der Waals surface area contributed by atoms with Gasteiger partial charge < -0.3 is 0 Å². The second-order valence-corrected chi connectivity index (χ2v) is 17.7. The molecule has 2 fully saturated rings. The van der Waals surface area contributed by atoms with Crippen LogP contribution in [0.15, 0.2) is 0 Å². The molecule has 2 aliphatic heterocycles. The zero-order valence-corrected chi connectivity index (χ0v) is 11.5. The van der Waals surface area contributed by atoms with E-state index in [-0.39, 0.29) is 0 Å². The van der Waals surface area contributed by atoms with E-state index >= 15 is 0 Å². The fraction of sp³-hybridized carbons (Fsp3) is 1.00. The molecule has 0 nitrogen and oxygen atoms in total. The van der Waals surface area contributed by atoms with E-state index in [4.69, 9.17) is 22.2 Å². The van der Waals surface area contributed by atoms with E-state index in [2.05, 4.69) is 13.1 Å². The van der Waals surface area contributed by atoms with Crippen LogP contribution in [0.5, 0.6) is 0 Å². The molecule has 0 saturated carbocycles. The van der Waals surface area contributed by atoms with Crippen LogP contribution in [0.1, 0.15) is 12.8 Å². The topological polar surface area (TPSA) is 0 Å². The molecule has 0 spiro atoms. The van der Waals surface area contributed by atoms with Crippen LogP contribution in [0.2, 0.25) is 37.3 Å². The third-order valence-corrected chi connectivity index (χ3v) is 10.6. The lowest BCUT2D eigenvalue weighted by Gasteiger charge is -2.31. The van der Waals surface area contributed by atoms with Crippen LogP contribution < -0.4 is 0 Å². The van der Waals surface area contributed by atoms with Crippen LogP contribution in [0.3, 0.4) is 0 Å². The maximum absolute atomic E-state index is 5.71. The molecule has 2 rings (SSSR count). The Morgan fingerprint density at radius 2 is 1.08 bits per heavy atom. The van der Waals surface area contributed by atoms with Crippen LogP contribution in [-0.2, 0) is 0 Å². The van der Waals surface area contributed by atoms with Crippen LogP contribution >= 0.6 is 22.2 Å². The summed E-state index contributed by atoms with van der Waals surface area (Å²) in [6, 6.07) is 5.42. The lowest BCUT2D eigenvalue weighted by Crippen LogP contribution is -2.32.